The third kappa shape index (κ3) is 3.85. The first-order valence-electron chi connectivity index (χ1n) is 5.74. The lowest BCUT2D eigenvalue weighted by Crippen LogP contribution is -1.95. The molecular weight excluding hydrogens is 324 g/mol. The first-order chi connectivity index (χ1) is 9.22. The van der Waals surface area contributed by atoms with Gasteiger partial charge in [-0.3, -0.25) is 0 Å². The molecule has 0 saturated carbocycles. The van der Waals surface area contributed by atoms with E-state index in [1.807, 2.05) is 48.5 Å². The maximum absolute atomic E-state index is 11.3. The summed E-state index contributed by atoms with van der Waals surface area (Å²) in [4.78, 5) is 12.3. The molecule has 0 heterocycles. The number of halogens is 1. The second kappa shape index (κ2) is 6.78. The normalized spacial score (nSPS) is 11.9. The van der Waals surface area contributed by atoms with Crippen molar-refractivity contribution in [2.75, 3.05) is 7.11 Å². The molecule has 0 aliphatic heterocycles. The lowest BCUT2D eigenvalue weighted by molar-refractivity contribution is -0.107. The Bertz CT molecular complexity index is 554. The zero-order chi connectivity index (χ0) is 13.7. The van der Waals surface area contributed by atoms with Crippen molar-refractivity contribution in [1.29, 1.82) is 0 Å². The summed E-state index contributed by atoms with van der Waals surface area (Å²) in [6.07, 6.45) is 0.966. The van der Waals surface area contributed by atoms with Gasteiger partial charge in [-0.05, 0) is 35.9 Å². The van der Waals surface area contributed by atoms with Crippen LogP contribution in [0.5, 0.6) is 5.75 Å². The summed E-state index contributed by atoms with van der Waals surface area (Å²) in [7, 11) is 1.63. The van der Waals surface area contributed by atoms with Crippen molar-refractivity contribution >= 4 is 34.0 Å². The Labute approximate surface area is 125 Å². The zero-order valence-electron chi connectivity index (χ0n) is 10.4. The van der Waals surface area contributed by atoms with Gasteiger partial charge in [0.15, 0.2) is 0 Å². The monoisotopic (exact) mass is 336 g/mol. The van der Waals surface area contributed by atoms with Gasteiger partial charge in [-0.15, -0.1) is 11.8 Å². The molecule has 0 saturated heterocycles. The Morgan fingerprint density at radius 1 is 1.21 bits per heavy atom. The Kier molecular flexibility index (Phi) is 5.05. The smallest absolute Gasteiger partial charge is 0.137 e. The summed E-state index contributed by atoms with van der Waals surface area (Å²) in [6, 6.07) is 15.5. The number of ether oxygens (including phenoxy) is 1. The van der Waals surface area contributed by atoms with Crippen molar-refractivity contribution in [3.05, 3.63) is 58.6 Å². The maximum Gasteiger partial charge on any atom is 0.137 e. The molecule has 0 radical (unpaired) electrons. The molecule has 0 bridgehead atoms. The summed E-state index contributed by atoms with van der Waals surface area (Å²) in [5.74, 6) is 0.797. The van der Waals surface area contributed by atoms with E-state index in [2.05, 4.69) is 15.9 Å². The highest BCUT2D eigenvalue weighted by Gasteiger charge is 2.12. The third-order valence-electron chi connectivity index (χ3n) is 2.63. The number of methoxy groups -OCH3 is 1. The standard InChI is InChI=1S/C15H13BrO2S/c1-18-13-3-2-4-14(9-13)19-15(10-17)11-5-7-12(16)8-6-11/h2-10,15H,1H3/t15-/m1/s1. The Morgan fingerprint density at radius 3 is 2.58 bits per heavy atom. The third-order valence-corrected chi connectivity index (χ3v) is 4.32. The average molecular weight is 337 g/mol. The van der Waals surface area contributed by atoms with Crippen LogP contribution in [-0.4, -0.2) is 13.4 Å². The van der Waals surface area contributed by atoms with Crippen LogP contribution in [0, 0.1) is 0 Å². The van der Waals surface area contributed by atoms with E-state index in [1.54, 1.807) is 7.11 Å². The number of benzene rings is 2. The number of rotatable bonds is 5. The topological polar surface area (TPSA) is 26.3 Å². The van der Waals surface area contributed by atoms with Gasteiger partial charge in [0, 0.05) is 9.37 Å². The Balaban J connectivity index is 2.18. The molecule has 19 heavy (non-hydrogen) atoms. The van der Waals surface area contributed by atoms with Gasteiger partial charge < -0.3 is 9.53 Å². The summed E-state index contributed by atoms with van der Waals surface area (Å²) in [5.41, 5.74) is 0.992. The first-order valence-corrected chi connectivity index (χ1v) is 7.41. The molecule has 0 amide bonds. The van der Waals surface area contributed by atoms with Gasteiger partial charge in [0.1, 0.15) is 12.0 Å². The summed E-state index contributed by atoms with van der Waals surface area (Å²) in [6.45, 7) is 0. The van der Waals surface area contributed by atoms with Gasteiger partial charge >= 0.3 is 0 Å². The first kappa shape index (κ1) is 14.2. The van der Waals surface area contributed by atoms with Crippen LogP contribution in [0.2, 0.25) is 0 Å². The number of aldehydes is 1. The fourth-order valence-electron chi connectivity index (χ4n) is 1.65. The van der Waals surface area contributed by atoms with Crippen LogP contribution < -0.4 is 4.74 Å². The maximum atomic E-state index is 11.3. The summed E-state index contributed by atoms with van der Waals surface area (Å²) < 4.78 is 6.19. The van der Waals surface area contributed by atoms with Gasteiger partial charge in [0.2, 0.25) is 0 Å². The highest BCUT2D eigenvalue weighted by Crippen LogP contribution is 2.35. The molecule has 0 aliphatic rings. The van der Waals surface area contributed by atoms with E-state index < -0.39 is 0 Å². The van der Waals surface area contributed by atoms with Crippen molar-refractivity contribution in [1.82, 2.24) is 0 Å². The lowest BCUT2D eigenvalue weighted by atomic mass is 10.2. The molecule has 0 aromatic heterocycles. The molecule has 0 N–H and O–H groups in total. The zero-order valence-corrected chi connectivity index (χ0v) is 12.8. The minimum absolute atomic E-state index is 0.208. The fraction of sp³-hybridized carbons (Fsp3) is 0.133. The van der Waals surface area contributed by atoms with Crippen molar-refractivity contribution < 1.29 is 9.53 Å². The Morgan fingerprint density at radius 2 is 1.95 bits per heavy atom. The van der Waals surface area contributed by atoms with Crippen LogP contribution >= 0.6 is 27.7 Å². The van der Waals surface area contributed by atoms with Gasteiger partial charge in [-0.25, -0.2) is 0 Å². The van der Waals surface area contributed by atoms with Crippen LogP contribution in [0.4, 0.5) is 0 Å². The lowest BCUT2D eigenvalue weighted by Gasteiger charge is -2.11. The SMILES string of the molecule is COc1cccc(S[C@H](C=O)c2ccc(Br)cc2)c1. The van der Waals surface area contributed by atoms with E-state index >= 15 is 0 Å². The second-order valence-electron chi connectivity index (χ2n) is 3.91. The van der Waals surface area contributed by atoms with Gasteiger partial charge in [-0.1, -0.05) is 34.1 Å². The van der Waals surface area contributed by atoms with Crippen molar-refractivity contribution in [2.45, 2.75) is 10.1 Å². The molecule has 0 aliphatic carbocycles. The highest BCUT2D eigenvalue weighted by atomic mass is 79.9. The van der Waals surface area contributed by atoms with Crippen LogP contribution in [-0.2, 0) is 4.79 Å². The van der Waals surface area contributed by atoms with E-state index in [0.29, 0.717) is 0 Å². The van der Waals surface area contributed by atoms with E-state index in [0.717, 1.165) is 27.0 Å². The molecule has 2 aromatic rings. The quantitative estimate of drug-likeness (QED) is 0.594. The molecule has 1 atom stereocenters. The molecule has 0 fully saturated rings. The van der Waals surface area contributed by atoms with E-state index in [4.69, 9.17) is 4.74 Å². The number of thioether (sulfide) groups is 1. The van der Waals surface area contributed by atoms with Gasteiger partial charge in [-0.2, -0.15) is 0 Å². The van der Waals surface area contributed by atoms with Gasteiger partial charge in [0.05, 0.1) is 12.4 Å². The molecule has 0 spiro atoms. The van der Waals surface area contributed by atoms with Crippen molar-refractivity contribution in [3.8, 4) is 5.75 Å². The average Bonchev–Trinajstić information content (AvgIpc) is 2.46. The van der Waals surface area contributed by atoms with Crippen LogP contribution in [0.3, 0.4) is 0 Å². The number of hydrogen-bond acceptors (Lipinski definition) is 3. The minimum Gasteiger partial charge on any atom is -0.497 e. The predicted molar refractivity (Wildman–Crippen MR) is 81.8 cm³/mol. The number of carbonyl (C=O) groups is 1. The predicted octanol–water partition coefficient (Wildman–Crippen LogP) is 4.49. The van der Waals surface area contributed by atoms with E-state index in [1.165, 1.54) is 11.8 Å². The van der Waals surface area contributed by atoms with Crippen molar-refractivity contribution in [2.24, 2.45) is 0 Å². The number of hydrogen-bond donors (Lipinski definition) is 0. The van der Waals surface area contributed by atoms with Crippen LogP contribution in [0.1, 0.15) is 10.8 Å². The van der Waals surface area contributed by atoms with E-state index in [9.17, 15) is 4.79 Å². The second-order valence-corrected chi connectivity index (χ2v) is 6.04. The highest BCUT2D eigenvalue weighted by molar-refractivity contribution is 9.10. The van der Waals surface area contributed by atoms with E-state index in [-0.39, 0.29) is 5.25 Å². The molecule has 98 valence electrons. The number of carbonyl (C=O) groups excluding carboxylic acids is 1. The molecule has 2 rings (SSSR count). The molecular formula is C15H13BrO2S. The molecule has 4 heteroatoms. The van der Waals surface area contributed by atoms with Gasteiger partial charge in [0.25, 0.3) is 0 Å². The van der Waals surface area contributed by atoms with Crippen LogP contribution in [0.25, 0.3) is 0 Å². The molecule has 0 unspecified atom stereocenters. The van der Waals surface area contributed by atoms with Crippen molar-refractivity contribution in [3.63, 3.8) is 0 Å². The Hall–Kier alpha value is -1.26. The molecule has 2 aromatic carbocycles. The summed E-state index contributed by atoms with van der Waals surface area (Å²) >= 11 is 4.90. The summed E-state index contributed by atoms with van der Waals surface area (Å²) in [5, 5.41) is -0.208. The largest absolute Gasteiger partial charge is 0.497 e. The molecule has 2 nitrogen and oxygen atoms in total. The minimum atomic E-state index is -0.208. The fourth-order valence-corrected chi connectivity index (χ4v) is 2.90. The van der Waals surface area contributed by atoms with Crippen LogP contribution in [0.15, 0.2) is 57.9 Å².